The Bertz CT molecular complexity index is 788. The van der Waals surface area contributed by atoms with Gasteiger partial charge < -0.3 is 24.9 Å². The lowest BCUT2D eigenvalue weighted by Crippen LogP contribution is -2.53. The van der Waals surface area contributed by atoms with E-state index in [1.807, 2.05) is 29.2 Å². The van der Waals surface area contributed by atoms with Crippen LogP contribution in [0.15, 0.2) is 28.7 Å². The Morgan fingerprint density at radius 2 is 1.93 bits per heavy atom. The van der Waals surface area contributed by atoms with Crippen LogP contribution < -0.4 is 15.5 Å². The topological polar surface area (TPSA) is 73.6 Å². The summed E-state index contributed by atoms with van der Waals surface area (Å²) in [6.07, 6.45) is 3.34. The van der Waals surface area contributed by atoms with Crippen molar-refractivity contribution in [1.29, 1.82) is 0 Å². The molecule has 144 valence electrons. The molecule has 0 saturated carbocycles. The maximum Gasteiger partial charge on any atom is 0.298 e. The molecule has 1 amide bonds. The number of oxazole rings is 1. The van der Waals surface area contributed by atoms with Crippen LogP contribution >= 0.6 is 0 Å². The van der Waals surface area contributed by atoms with E-state index in [4.69, 9.17) is 4.42 Å². The van der Waals surface area contributed by atoms with E-state index in [2.05, 4.69) is 20.5 Å². The first-order chi connectivity index (χ1) is 13.2. The number of hydrogen-bond acceptors (Lipinski definition) is 6. The quantitative estimate of drug-likeness (QED) is 0.829. The summed E-state index contributed by atoms with van der Waals surface area (Å²) in [6.45, 7) is 6.11. The molecule has 1 aromatic heterocycles. The fraction of sp³-hybridized carbons (Fsp3) is 0.600. The van der Waals surface area contributed by atoms with Crippen molar-refractivity contribution in [1.82, 2.24) is 20.5 Å². The Kier molecular flexibility index (Phi) is 4.28. The van der Waals surface area contributed by atoms with Crippen LogP contribution in [-0.2, 0) is 4.79 Å². The van der Waals surface area contributed by atoms with Crippen molar-refractivity contribution < 1.29 is 9.21 Å². The lowest BCUT2D eigenvalue weighted by molar-refractivity contribution is -0.133. The normalized spacial score (nSPS) is 25.4. The third-order valence-electron chi connectivity index (χ3n) is 6.47. The Morgan fingerprint density at radius 1 is 1.15 bits per heavy atom. The number of piperazine rings is 1. The highest BCUT2D eigenvalue weighted by Gasteiger charge is 2.43. The molecule has 1 aromatic carbocycles. The molecule has 0 bridgehead atoms. The summed E-state index contributed by atoms with van der Waals surface area (Å²) in [7, 11) is 0. The van der Waals surface area contributed by atoms with E-state index in [9.17, 15) is 4.79 Å². The molecule has 3 aliphatic rings. The van der Waals surface area contributed by atoms with Gasteiger partial charge in [-0.2, -0.15) is 4.98 Å². The van der Waals surface area contributed by atoms with Crippen LogP contribution in [-0.4, -0.2) is 67.6 Å². The van der Waals surface area contributed by atoms with Crippen molar-refractivity contribution in [2.75, 3.05) is 50.7 Å². The Hall–Kier alpha value is -2.12. The number of hydrogen-bond donors (Lipinski definition) is 2. The van der Waals surface area contributed by atoms with Gasteiger partial charge in [0.05, 0.1) is 6.04 Å². The molecule has 4 heterocycles. The van der Waals surface area contributed by atoms with Crippen LogP contribution in [0.4, 0.5) is 6.01 Å². The summed E-state index contributed by atoms with van der Waals surface area (Å²) in [4.78, 5) is 21.7. The van der Waals surface area contributed by atoms with Gasteiger partial charge >= 0.3 is 0 Å². The number of carbonyl (C=O) groups excluding carboxylic acids is 1. The van der Waals surface area contributed by atoms with Gasteiger partial charge in [-0.25, -0.2) is 0 Å². The molecule has 7 heteroatoms. The van der Waals surface area contributed by atoms with Crippen LogP contribution in [0.25, 0.3) is 11.1 Å². The number of amides is 1. The van der Waals surface area contributed by atoms with Crippen molar-refractivity contribution in [3.63, 3.8) is 0 Å². The zero-order chi connectivity index (χ0) is 18.3. The predicted molar refractivity (Wildman–Crippen MR) is 104 cm³/mol. The van der Waals surface area contributed by atoms with Gasteiger partial charge in [-0.05, 0) is 49.9 Å². The standard InChI is InChI=1S/C20H27N5O2/c26-18(16-13-20(14-22-16)5-7-21-8-6-20)24-9-11-25(12-10-24)19-23-15-3-1-2-4-17(15)27-19/h1-4,16,21-22H,5-14H2/t16-/m1/s1. The van der Waals surface area contributed by atoms with Crippen LogP contribution in [0.5, 0.6) is 0 Å². The van der Waals surface area contributed by atoms with Crippen LogP contribution in [0.3, 0.4) is 0 Å². The van der Waals surface area contributed by atoms with Crippen molar-refractivity contribution in [2.24, 2.45) is 5.41 Å². The van der Waals surface area contributed by atoms with Crippen molar-refractivity contribution in [3.05, 3.63) is 24.3 Å². The predicted octanol–water partition coefficient (Wildman–Crippen LogP) is 1.21. The molecule has 7 nitrogen and oxygen atoms in total. The number of fused-ring (bicyclic) bond motifs is 1. The number of carbonyl (C=O) groups is 1. The van der Waals surface area contributed by atoms with Crippen molar-refractivity contribution in [3.8, 4) is 0 Å². The molecule has 1 spiro atoms. The fourth-order valence-corrected chi connectivity index (χ4v) is 4.76. The first-order valence-corrected chi connectivity index (χ1v) is 10.1. The molecule has 2 aromatic rings. The molecule has 27 heavy (non-hydrogen) atoms. The van der Waals surface area contributed by atoms with Crippen molar-refractivity contribution >= 4 is 23.0 Å². The minimum Gasteiger partial charge on any atom is -0.423 e. The monoisotopic (exact) mass is 369 g/mol. The minimum absolute atomic E-state index is 0.0148. The highest BCUT2D eigenvalue weighted by Crippen LogP contribution is 2.37. The van der Waals surface area contributed by atoms with Crippen LogP contribution in [0.1, 0.15) is 19.3 Å². The number of benzene rings is 1. The molecule has 3 aliphatic heterocycles. The molecule has 0 unspecified atom stereocenters. The van der Waals surface area contributed by atoms with E-state index >= 15 is 0 Å². The minimum atomic E-state index is -0.0148. The second-order valence-electron chi connectivity index (χ2n) is 8.16. The number of nitrogens with one attached hydrogen (secondary N) is 2. The Balaban J connectivity index is 1.19. The number of para-hydroxylation sites is 2. The molecule has 5 rings (SSSR count). The van der Waals surface area contributed by atoms with Crippen LogP contribution in [0.2, 0.25) is 0 Å². The average Bonchev–Trinajstić information content (AvgIpc) is 3.33. The number of aromatic nitrogens is 1. The fourth-order valence-electron chi connectivity index (χ4n) is 4.76. The van der Waals surface area contributed by atoms with Crippen LogP contribution in [0, 0.1) is 5.41 Å². The van der Waals surface area contributed by atoms with E-state index in [-0.39, 0.29) is 11.9 Å². The van der Waals surface area contributed by atoms with Gasteiger partial charge in [0.25, 0.3) is 6.01 Å². The maximum atomic E-state index is 13.0. The Labute approximate surface area is 159 Å². The Morgan fingerprint density at radius 3 is 2.70 bits per heavy atom. The van der Waals surface area contributed by atoms with Gasteiger partial charge in [0.1, 0.15) is 5.52 Å². The van der Waals surface area contributed by atoms with Gasteiger partial charge in [0.15, 0.2) is 5.58 Å². The highest BCUT2D eigenvalue weighted by molar-refractivity contribution is 5.82. The summed E-state index contributed by atoms with van der Waals surface area (Å²) < 4.78 is 5.87. The second kappa shape index (κ2) is 6.80. The zero-order valence-corrected chi connectivity index (χ0v) is 15.6. The second-order valence-corrected chi connectivity index (χ2v) is 8.16. The van der Waals surface area contributed by atoms with E-state index in [0.717, 1.165) is 63.3 Å². The number of piperidine rings is 1. The number of nitrogens with zero attached hydrogens (tertiary/aromatic N) is 3. The molecule has 0 aliphatic carbocycles. The summed E-state index contributed by atoms with van der Waals surface area (Å²) in [5, 5.41) is 6.94. The lowest BCUT2D eigenvalue weighted by atomic mass is 9.77. The molecule has 3 saturated heterocycles. The van der Waals surface area contributed by atoms with Gasteiger partial charge in [-0.3, -0.25) is 4.79 Å². The van der Waals surface area contributed by atoms with Gasteiger partial charge in [-0.1, -0.05) is 12.1 Å². The molecule has 3 fully saturated rings. The molecular weight excluding hydrogens is 342 g/mol. The van der Waals surface area contributed by atoms with Gasteiger partial charge in [-0.15, -0.1) is 0 Å². The van der Waals surface area contributed by atoms with E-state index < -0.39 is 0 Å². The van der Waals surface area contributed by atoms with Gasteiger partial charge in [0.2, 0.25) is 5.91 Å². The molecule has 1 atom stereocenters. The first kappa shape index (κ1) is 17.0. The molecule has 0 radical (unpaired) electrons. The average molecular weight is 369 g/mol. The SMILES string of the molecule is O=C([C@H]1CC2(CCNCC2)CN1)N1CCN(c2nc3ccccc3o2)CC1. The van der Waals surface area contributed by atoms with E-state index in [1.165, 1.54) is 12.8 Å². The van der Waals surface area contributed by atoms with E-state index in [1.54, 1.807) is 0 Å². The summed E-state index contributed by atoms with van der Waals surface area (Å²) in [5.41, 5.74) is 2.02. The zero-order valence-electron chi connectivity index (χ0n) is 15.6. The summed E-state index contributed by atoms with van der Waals surface area (Å²) in [6, 6.07) is 8.47. The smallest absolute Gasteiger partial charge is 0.298 e. The van der Waals surface area contributed by atoms with Gasteiger partial charge in [0, 0.05) is 32.7 Å². The molecule has 2 N–H and O–H groups in total. The maximum absolute atomic E-state index is 13.0. The summed E-state index contributed by atoms with van der Waals surface area (Å²) >= 11 is 0. The number of rotatable bonds is 2. The third kappa shape index (κ3) is 3.19. The molecular formula is C20H27N5O2. The first-order valence-electron chi connectivity index (χ1n) is 10.1. The summed E-state index contributed by atoms with van der Waals surface area (Å²) in [5.74, 6) is 0.266. The van der Waals surface area contributed by atoms with Crippen molar-refractivity contribution in [2.45, 2.75) is 25.3 Å². The lowest BCUT2D eigenvalue weighted by Gasteiger charge is -2.36. The highest BCUT2D eigenvalue weighted by atomic mass is 16.4. The number of anilines is 1. The third-order valence-corrected chi connectivity index (χ3v) is 6.47. The van der Waals surface area contributed by atoms with E-state index in [0.29, 0.717) is 11.4 Å². The largest absolute Gasteiger partial charge is 0.423 e.